The molecule has 3 aromatic heterocycles. The van der Waals surface area contributed by atoms with Crippen molar-refractivity contribution in [2.24, 2.45) is 17.2 Å². The summed E-state index contributed by atoms with van der Waals surface area (Å²) < 4.78 is 36.1. The van der Waals surface area contributed by atoms with Gasteiger partial charge in [-0.2, -0.15) is 25.8 Å². The number of aromatic nitrogens is 6. The third-order valence-electron chi connectivity index (χ3n) is 13.3. The van der Waals surface area contributed by atoms with Crippen LogP contribution in [0, 0.1) is 58.4 Å². The molecule has 424 valence electrons. The number of ether oxygens (including phenoxy) is 6. The van der Waals surface area contributed by atoms with E-state index in [1.54, 1.807) is 112 Å². The van der Waals surface area contributed by atoms with E-state index >= 15 is 0 Å². The molecule has 0 aliphatic carbocycles. The standard InChI is InChI=1S/2C19H20N6O3.C18H21N5O3/c2*1-27-14-7-12(8-15(9-14)28-2)3-4-16-17(19(22)26)18(21)25(23-16)13-5-6-24(10-13)11-20;1-25-13-7-11(8-14(9-13)26-2)3-4-15-16(18(20)24)17(19)23(22-15)12-5-6-21-10-12/h2*7-9,13H,5-6,10,21H2,1-2H3,(H2,22,26);7-9,12,21H,5-6,10,19H2,1-2H3,(H2,20,24)/t2*13-;12-/m000/s1. The number of hydrogen-bond donors (Lipinski definition) is 7. The van der Waals surface area contributed by atoms with Gasteiger partial charge < -0.3 is 77.9 Å². The minimum absolute atomic E-state index is 0.0813. The Kier molecular flexibility index (Phi) is 19.1. The van der Waals surface area contributed by atoms with E-state index in [0.29, 0.717) is 90.2 Å². The van der Waals surface area contributed by atoms with Gasteiger partial charge in [-0.1, -0.05) is 17.8 Å². The third-order valence-corrected chi connectivity index (χ3v) is 13.3. The highest BCUT2D eigenvalue weighted by atomic mass is 16.5. The summed E-state index contributed by atoms with van der Waals surface area (Å²) in [5.74, 6) is 19.6. The summed E-state index contributed by atoms with van der Waals surface area (Å²) in [6, 6.07) is 15.5. The molecular weight excluding hydrogens is 1050 g/mol. The number of benzene rings is 3. The summed E-state index contributed by atoms with van der Waals surface area (Å²) in [7, 11) is 9.32. The molecule has 3 aliphatic heterocycles. The summed E-state index contributed by atoms with van der Waals surface area (Å²) in [6.45, 7) is 3.78. The fourth-order valence-corrected chi connectivity index (χ4v) is 9.11. The Morgan fingerprint density at radius 3 is 1.00 bits per heavy atom. The minimum Gasteiger partial charge on any atom is -0.497 e. The maximum atomic E-state index is 11.9. The molecule has 3 aromatic carbocycles. The predicted octanol–water partition coefficient (Wildman–Crippen LogP) is 1.93. The Bertz CT molecular complexity index is 3430. The number of rotatable bonds is 12. The predicted molar refractivity (Wildman–Crippen MR) is 300 cm³/mol. The molecule has 3 amide bonds. The minimum atomic E-state index is -0.702. The van der Waals surface area contributed by atoms with Crippen LogP contribution in [0.5, 0.6) is 34.5 Å². The molecule has 9 rings (SSSR count). The number of hydrogen-bond acceptors (Lipinski definition) is 20. The Morgan fingerprint density at radius 1 is 0.476 bits per heavy atom. The van der Waals surface area contributed by atoms with Crippen molar-refractivity contribution in [3.8, 4) is 82.4 Å². The van der Waals surface area contributed by atoms with E-state index in [-0.39, 0.29) is 69.4 Å². The van der Waals surface area contributed by atoms with Crippen molar-refractivity contribution in [2.75, 3.05) is 99.1 Å². The van der Waals surface area contributed by atoms with Crippen LogP contribution in [0.25, 0.3) is 0 Å². The molecule has 0 radical (unpaired) electrons. The monoisotopic (exact) mass is 1120 g/mol. The van der Waals surface area contributed by atoms with Crippen LogP contribution in [-0.4, -0.2) is 139 Å². The van der Waals surface area contributed by atoms with Gasteiger partial charge in [0.25, 0.3) is 17.7 Å². The zero-order chi connectivity index (χ0) is 59.2. The van der Waals surface area contributed by atoms with E-state index in [2.05, 4.69) is 68.5 Å². The first kappa shape index (κ1) is 58.8. The molecule has 82 heavy (non-hydrogen) atoms. The molecule has 0 spiro atoms. The molecule has 0 saturated carbocycles. The van der Waals surface area contributed by atoms with E-state index < -0.39 is 17.7 Å². The maximum Gasteiger partial charge on any atom is 0.255 e. The number of nitrogen functional groups attached to an aromatic ring is 3. The molecule has 13 N–H and O–H groups in total. The second-order valence-corrected chi connectivity index (χ2v) is 18.4. The Morgan fingerprint density at radius 2 is 0.768 bits per heavy atom. The highest BCUT2D eigenvalue weighted by Crippen LogP contribution is 2.30. The number of carbonyl (C=O) groups is 3. The van der Waals surface area contributed by atoms with Crippen molar-refractivity contribution in [1.29, 1.82) is 10.5 Å². The summed E-state index contributed by atoms with van der Waals surface area (Å²) in [5, 5.41) is 34.6. The molecule has 3 fully saturated rings. The van der Waals surface area contributed by atoms with Gasteiger partial charge in [-0.15, -0.1) is 0 Å². The van der Waals surface area contributed by atoms with Crippen molar-refractivity contribution in [2.45, 2.75) is 37.4 Å². The zero-order valence-corrected chi connectivity index (χ0v) is 45.9. The van der Waals surface area contributed by atoms with Crippen molar-refractivity contribution in [3.05, 3.63) is 105 Å². The molecule has 3 saturated heterocycles. The summed E-state index contributed by atoms with van der Waals surface area (Å²) in [5.41, 5.74) is 37.7. The molecule has 0 unspecified atom stereocenters. The van der Waals surface area contributed by atoms with Gasteiger partial charge in [-0.25, -0.2) is 14.0 Å². The molecule has 3 aliphatic rings. The van der Waals surface area contributed by atoms with E-state index in [1.165, 1.54) is 9.36 Å². The fraction of sp³-hybridized carbons (Fsp3) is 0.321. The lowest BCUT2D eigenvalue weighted by Crippen LogP contribution is -2.19. The zero-order valence-electron chi connectivity index (χ0n) is 45.9. The Labute approximate surface area is 472 Å². The van der Waals surface area contributed by atoms with Gasteiger partial charge in [-0.05, 0) is 80.0 Å². The van der Waals surface area contributed by atoms with Gasteiger partial charge in [0.1, 0.15) is 68.6 Å². The first-order valence-electron chi connectivity index (χ1n) is 25.2. The van der Waals surface area contributed by atoms with Crippen LogP contribution in [0.3, 0.4) is 0 Å². The average Bonchev–Trinajstić information content (AvgIpc) is 4.56. The largest absolute Gasteiger partial charge is 0.497 e. The number of nitrogens with two attached hydrogens (primary N) is 6. The Balaban J connectivity index is 0.000000177. The highest BCUT2D eigenvalue weighted by molar-refractivity contribution is 6.01. The number of nitriles is 2. The molecular formula is C56H61N17O9. The topological polar surface area (TPSA) is 382 Å². The lowest BCUT2D eigenvalue weighted by atomic mass is 10.1. The van der Waals surface area contributed by atoms with Gasteiger partial charge in [0, 0.05) is 54.5 Å². The average molecular weight is 1120 g/mol. The number of likely N-dealkylation sites (tertiary alicyclic amines) is 2. The van der Waals surface area contributed by atoms with Gasteiger partial charge in [0.15, 0.2) is 29.5 Å². The molecule has 26 nitrogen and oxygen atoms in total. The number of nitrogens with zero attached hydrogens (tertiary/aromatic N) is 10. The fourth-order valence-electron chi connectivity index (χ4n) is 9.11. The van der Waals surface area contributed by atoms with Crippen LogP contribution in [0.1, 0.15) is 102 Å². The van der Waals surface area contributed by atoms with E-state index in [1.807, 2.05) is 0 Å². The lowest BCUT2D eigenvalue weighted by Gasteiger charge is -2.11. The van der Waals surface area contributed by atoms with Crippen LogP contribution < -0.4 is 68.1 Å². The van der Waals surface area contributed by atoms with E-state index in [9.17, 15) is 14.4 Å². The number of anilines is 3. The van der Waals surface area contributed by atoms with Crippen molar-refractivity contribution < 1.29 is 42.8 Å². The first-order chi connectivity index (χ1) is 39.4. The van der Waals surface area contributed by atoms with Crippen molar-refractivity contribution >= 4 is 35.2 Å². The van der Waals surface area contributed by atoms with Crippen LogP contribution in [0.2, 0.25) is 0 Å². The number of carbonyl (C=O) groups excluding carboxylic acids is 3. The van der Waals surface area contributed by atoms with Crippen LogP contribution >= 0.6 is 0 Å². The molecule has 0 bridgehead atoms. The number of amides is 3. The number of primary amides is 3. The van der Waals surface area contributed by atoms with Crippen LogP contribution in [0.4, 0.5) is 17.5 Å². The number of nitrogens with one attached hydrogen (secondary N) is 1. The Hall–Kier alpha value is -10.9. The molecule has 6 heterocycles. The molecule has 6 aromatic rings. The quantitative estimate of drug-likeness (QED) is 0.0680. The van der Waals surface area contributed by atoms with Gasteiger partial charge in [0.2, 0.25) is 0 Å². The second kappa shape index (κ2) is 26.6. The maximum absolute atomic E-state index is 11.9. The smallest absolute Gasteiger partial charge is 0.255 e. The van der Waals surface area contributed by atoms with Crippen LogP contribution in [-0.2, 0) is 0 Å². The third kappa shape index (κ3) is 13.7. The first-order valence-corrected chi connectivity index (χ1v) is 25.2. The van der Waals surface area contributed by atoms with Crippen molar-refractivity contribution in [3.63, 3.8) is 0 Å². The highest BCUT2D eigenvalue weighted by Gasteiger charge is 2.31. The molecule has 26 heteroatoms. The number of methoxy groups -OCH3 is 6. The van der Waals surface area contributed by atoms with Gasteiger partial charge in [0.05, 0.1) is 73.9 Å². The molecule has 3 atom stereocenters. The van der Waals surface area contributed by atoms with E-state index in [4.69, 9.17) is 73.3 Å². The van der Waals surface area contributed by atoms with Gasteiger partial charge in [-0.3, -0.25) is 14.4 Å². The summed E-state index contributed by atoms with van der Waals surface area (Å²) in [6.07, 6.45) is 6.47. The summed E-state index contributed by atoms with van der Waals surface area (Å²) >= 11 is 0. The summed E-state index contributed by atoms with van der Waals surface area (Å²) in [4.78, 5) is 38.9. The lowest BCUT2D eigenvalue weighted by molar-refractivity contribution is 0.0992. The van der Waals surface area contributed by atoms with Crippen LogP contribution in [0.15, 0.2) is 54.6 Å². The normalized spacial score (nSPS) is 15.6. The SMILES string of the molecule is COc1cc(C#Cc2nn([C@H]3CCN(C#N)C3)c(N)c2C(N)=O)cc(OC)c1.COc1cc(C#Cc2nn([C@H]3CCN(C#N)C3)c(N)c2C(N)=O)cc(OC)c1.COc1cc(C#Cc2nn([C@H]3CCNC3)c(N)c2C(N)=O)cc(OC)c1. The van der Waals surface area contributed by atoms with Gasteiger partial charge >= 0.3 is 0 Å². The second-order valence-electron chi connectivity index (χ2n) is 18.4. The van der Waals surface area contributed by atoms with Crippen molar-refractivity contribution in [1.82, 2.24) is 44.5 Å². The van der Waals surface area contributed by atoms with E-state index in [0.717, 1.165) is 19.5 Å².